The average Bonchev–Trinajstić information content (AvgIpc) is 2.92. The number of amides is 1. The molecular weight excluding hydrogens is 462 g/mol. The number of carbonyl (C=O) groups excluding carboxylic acids is 1. The highest BCUT2D eigenvalue weighted by Gasteiger charge is 2.14. The molecule has 0 aliphatic rings. The molecule has 0 saturated carbocycles. The number of aromatic nitrogens is 3. The van der Waals surface area contributed by atoms with Crippen molar-refractivity contribution in [3.63, 3.8) is 0 Å². The van der Waals surface area contributed by atoms with E-state index in [1.165, 1.54) is 25.3 Å². The summed E-state index contributed by atoms with van der Waals surface area (Å²) in [5, 5.41) is 7.14. The zero-order chi connectivity index (χ0) is 26.2. The lowest BCUT2D eigenvalue weighted by atomic mass is 9.99. The number of nitrogens with one attached hydrogen (secondary N) is 2. The fourth-order valence-electron chi connectivity index (χ4n) is 4.42. The average molecular weight is 498 g/mol. The highest BCUT2D eigenvalue weighted by molar-refractivity contribution is 5.94. The van der Waals surface area contributed by atoms with Crippen LogP contribution < -0.4 is 16.2 Å². The Labute approximate surface area is 218 Å². The van der Waals surface area contributed by atoms with Crippen LogP contribution in [0.1, 0.15) is 61.1 Å². The summed E-state index contributed by atoms with van der Waals surface area (Å²) in [6, 6.07) is 20.1. The minimum absolute atomic E-state index is 0.168. The second kappa shape index (κ2) is 12.3. The first-order valence-electron chi connectivity index (χ1n) is 13.1. The molecule has 37 heavy (non-hydrogen) atoms. The smallest absolute Gasteiger partial charge is 0.256 e. The number of anilines is 1. The summed E-state index contributed by atoms with van der Waals surface area (Å²) in [7, 11) is 0. The maximum Gasteiger partial charge on any atom is 0.256 e. The van der Waals surface area contributed by atoms with Gasteiger partial charge in [0.25, 0.3) is 11.5 Å². The minimum atomic E-state index is -0.188. The summed E-state index contributed by atoms with van der Waals surface area (Å²) >= 11 is 0. The van der Waals surface area contributed by atoms with Crippen molar-refractivity contribution >= 4 is 22.9 Å². The molecule has 2 aromatic carbocycles. The number of pyridine rings is 1. The molecular formula is C30H35N5O2. The Hall–Kier alpha value is -4.00. The molecule has 1 amide bonds. The Morgan fingerprint density at radius 2 is 1.73 bits per heavy atom. The highest BCUT2D eigenvalue weighted by atomic mass is 16.1. The number of benzene rings is 2. The number of aryl methyl sites for hydroxylation is 1. The van der Waals surface area contributed by atoms with Crippen LogP contribution in [0.2, 0.25) is 0 Å². The minimum Gasteiger partial charge on any atom is -0.354 e. The van der Waals surface area contributed by atoms with Gasteiger partial charge in [-0.15, -0.1) is 0 Å². The van der Waals surface area contributed by atoms with Crippen molar-refractivity contribution in [2.45, 2.75) is 53.0 Å². The molecule has 0 spiro atoms. The van der Waals surface area contributed by atoms with E-state index in [0.29, 0.717) is 35.3 Å². The van der Waals surface area contributed by atoms with E-state index in [1.54, 1.807) is 34.9 Å². The number of nitrogens with zero attached hydrogens (tertiary/aromatic N) is 3. The second-order valence-corrected chi connectivity index (χ2v) is 9.39. The van der Waals surface area contributed by atoms with Crippen LogP contribution in [0.3, 0.4) is 0 Å². The molecule has 2 N–H and O–H groups in total. The van der Waals surface area contributed by atoms with Gasteiger partial charge in [0.2, 0.25) is 5.95 Å². The summed E-state index contributed by atoms with van der Waals surface area (Å²) in [6.45, 7) is 7.59. The molecule has 0 aliphatic carbocycles. The van der Waals surface area contributed by atoms with Gasteiger partial charge in [-0.3, -0.25) is 14.2 Å². The number of rotatable bonds is 11. The van der Waals surface area contributed by atoms with Gasteiger partial charge in [-0.2, -0.15) is 4.98 Å². The fraction of sp³-hybridized carbons (Fsp3) is 0.333. The zero-order valence-corrected chi connectivity index (χ0v) is 21.8. The number of hydrogen-bond acceptors (Lipinski definition) is 5. The summed E-state index contributed by atoms with van der Waals surface area (Å²) < 4.78 is 1.58. The zero-order valence-electron chi connectivity index (χ0n) is 21.8. The monoisotopic (exact) mass is 497 g/mol. The molecule has 2 heterocycles. The molecule has 4 aromatic rings. The number of hydrogen-bond donors (Lipinski definition) is 2. The summed E-state index contributed by atoms with van der Waals surface area (Å²) in [5.41, 5.74) is 3.37. The van der Waals surface area contributed by atoms with Gasteiger partial charge in [-0.1, -0.05) is 63.4 Å². The van der Waals surface area contributed by atoms with E-state index in [-0.39, 0.29) is 11.5 Å². The van der Waals surface area contributed by atoms with Crippen molar-refractivity contribution in [3.05, 3.63) is 93.9 Å². The predicted molar refractivity (Wildman–Crippen MR) is 149 cm³/mol. The lowest BCUT2D eigenvalue weighted by Gasteiger charge is -2.17. The molecule has 7 heteroatoms. The van der Waals surface area contributed by atoms with E-state index in [1.807, 2.05) is 37.3 Å². The first kappa shape index (κ1) is 26.1. The summed E-state index contributed by atoms with van der Waals surface area (Å²) in [5.74, 6) is 0.910. The molecule has 0 bridgehead atoms. The quantitative estimate of drug-likeness (QED) is 0.280. The van der Waals surface area contributed by atoms with Crippen molar-refractivity contribution in [1.29, 1.82) is 0 Å². The molecule has 0 aliphatic heterocycles. The Morgan fingerprint density at radius 1 is 0.973 bits per heavy atom. The first-order valence-corrected chi connectivity index (χ1v) is 13.1. The van der Waals surface area contributed by atoms with Crippen molar-refractivity contribution in [2.75, 3.05) is 11.9 Å². The van der Waals surface area contributed by atoms with E-state index in [0.717, 1.165) is 29.6 Å². The van der Waals surface area contributed by atoms with Gasteiger partial charge < -0.3 is 10.6 Å². The maximum absolute atomic E-state index is 13.0. The van der Waals surface area contributed by atoms with Crippen LogP contribution in [0.5, 0.6) is 0 Å². The Morgan fingerprint density at radius 3 is 2.43 bits per heavy atom. The van der Waals surface area contributed by atoms with Crippen molar-refractivity contribution in [2.24, 2.45) is 5.92 Å². The van der Waals surface area contributed by atoms with Crippen LogP contribution in [0, 0.1) is 12.8 Å². The maximum atomic E-state index is 13.0. The predicted octanol–water partition coefficient (Wildman–Crippen LogP) is 5.65. The molecule has 1 atom stereocenters. The van der Waals surface area contributed by atoms with Crippen LogP contribution in [0.25, 0.3) is 16.7 Å². The van der Waals surface area contributed by atoms with Crippen LogP contribution in [-0.2, 0) is 6.54 Å². The fourth-order valence-corrected chi connectivity index (χ4v) is 4.42. The van der Waals surface area contributed by atoms with Crippen LogP contribution in [0.4, 0.5) is 5.95 Å². The van der Waals surface area contributed by atoms with Gasteiger partial charge in [0.05, 0.1) is 11.4 Å². The van der Waals surface area contributed by atoms with Crippen molar-refractivity contribution in [3.8, 4) is 5.69 Å². The largest absolute Gasteiger partial charge is 0.354 e. The van der Waals surface area contributed by atoms with E-state index in [9.17, 15) is 9.59 Å². The van der Waals surface area contributed by atoms with Crippen molar-refractivity contribution in [1.82, 2.24) is 19.9 Å². The number of unbranched alkanes of at least 4 members (excludes halogenated alkanes) is 1. The van der Waals surface area contributed by atoms with Gasteiger partial charge in [-0.05, 0) is 55.2 Å². The van der Waals surface area contributed by atoms with Crippen LogP contribution in [-0.4, -0.2) is 27.0 Å². The first-order chi connectivity index (χ1) is 18.0. The van der Waals surface area contributed by atoms with E-state index in [4.69, 9.17) is 4.98 Å². The molecule has 192 valence electrons. The lowest BCUT2D eigenvalue weighted by molar-refractivity contribution is 0.0951. The number of carbonyl (C=O) groups is 1. The van der Waals surface area contributed by atoms with Gasteiger partial charge >= 0.3 is 0 Å². The number of fused-ring (bicyclic) bond motifs is 1. The normalized spacial score (nSPS) is 11.9. The SMILES string of the molecule is CCCCC(CC)CNc1nc(C)c2ccc(=O)n(-c3ccc(C(=O)NCc4ccccc4)cc3)c2n1. The highest BCUT2D eigenvalue weighted by Crippen LogP contribution is 2.20. The van der Waals surface area contributed by atoms with E-state index >= 15 is 0 Å². The third kappa shape index (κ3) is 6.42. The van der Waals surface area contributed by atoms with Gasteiger partial charge in [0, 0.05) is 30.1 Å². The second-order valence-electron chi connectivity index (χ2n) is 9.39. The molecule has 0 saturated heterocycles. The molecule has 7 nitrogen and oxygen atoms in total. The van der Waals surface area contributed by atoms with Crippen molar-refractivity contribution < 1.29 is 4.79 Å². The topological polar surface area (TPSA) is 88.9 Å². The molecule has 4 rings (SSSR count). The van der Waals surface area contributed by atoms with E-state index < -0.39 is 0 Å². The van der Waals surface area contributed by atoms with Gasteiger partial charge in [0.15, 0.2) is 5.65 Å². The summed E-state index contributed by atoms with van der Waals surface area (Å²) in [6.07, 6.45) is 4.65. The van der Waals surface area contributed by atoms with Gasteiger partial charge in [0.1, 0.15) is 0 Å². The standard InChI is InChI=1S/C30H35N5O2/c1-4-6-10-22(5-2)19-32-30-33-21(3)26-17-18-27(36)35(28(26)34-30)25-15-13-24(14-16-25)29(37)31-20-23-11-8-7-9-12-23/h7-9,11-18,22H,4-6,10,19-20H2,1-3H3,(H,31,37)(H,32,33,34). The molecule has 0 radical (unpaired) electrons. The Balaban J connectivity index is 1.58. The Bertz CT molecular complexity index is 1400. The molecule has 0 fully saturated rings. The molecule has 1 unspecified atom stereocenters. The van der Waals surface area contributed by atoms with E-state index in [2.05, 4.69) is 29.5 Å². The third-order valence-electron chi connectivity index (χ3n) is 6.72. The third-order valence-corrected chi connectivity index (χ3v) is 6.72. The van der Waals surface area contributed by atoms with Gasteiger partial charge in [-0.25, -0.2) is 4.98 Å². The summed E-state index contributed by atoms with van der Waals surface area (Å²) in [4.78, 5) is 35.0. The Kier molecular flexibility index (Phi) is 8.67. The lowest BCUT2D eigenvalue weighted by Crippen LogP contribution is -2.23. The van der Waals surface area contributed by atoms with Crippen LogP contribution in [0.15, 0.2) is 71.5 Å². The van der Waals surface area contributed by atoms with Crippen LogP contribution >= 0.6 is 0 Å². The molecule has 2 aromatic heterocycles.